The van der Waals surface area contributed by atoms with Gasteiger partial charge in [-0.15, -0.1) is 6.58 Å². The lowest BCUT2D eigenvalue weighted by molar-refractivity contribution is 0.338. The Morgan fingerprint density at radius 1 is 0.833 bits per heavy atom. The predicted octanol–water partition coefficient (Wildman–Crippen LogP) is 4.85. The van der Waals surface area contributed by atoms with Crippen LogP contribution in [0.25, 0.3) is 0 Å². The summed E-state index contributed by atoms with van der Waals surface area (Å²) >= 11 is 0. The zero-order chi connectivity index (χ0) is 16.4. The van der Waals surface area contributed by atoms with Crippen LogP contribution in [-0.2, 0) is 0 Å². The van der Waals surface area contributed by atoms with E-state index < -0.39 is 8.07 Å². The van der Waals surface area contributed by atoms with Crippen molar-refractivity contribution in [1.82, 2.24) is 4.67 Å². The Morgan fingerprint density at radius 2 is 1.38 bits per heavy atom. The molecule has 1 saturated carbocycles. The zero-order valence-corrected chi connectivity index (χ0v) is 15.1. The van der Waals surface area contributed by atoms with E-state index >= 15 is 0 Å². The van der Waals surface area contributed by atoms with Gasteiger partial charge in [0.05, 0.1) is 0 Å². The molecule has 0 spiro atoms. The molecule has 1 nitrogen and oxygen atoms in total. The molecule has 1 heterocycles. The molecular formula is C22H26NP. The van der Waals surface area contributed by atoms with Crippen molar-refractivity contribution in [2.75, 3.05) is 0 Å². The molecule has 3 atom stereocenters. The lowest BCUT2D eigenvalue weighted by atomic mass is 9.86. The number of hydrogen-bond donors (Lipinski definition) is 0. The van der Waals surface area contributed by atoms with E-state index in [1.807, 2.05) is 0 Å². The van der Waals surface area contributed by atoms with Crippen LogP contribution >= 0.6 is 8.07 Å². The van der Waals surface area contributed by atoms with Crippen molar-refractivity contribution >= 4 is 18.7 Å². The molecule has 2 fully saturated rings. The first-order chi connectivity index (χ1) is 11.9. The zero-order valence-electron chi connectivity index (χ0n) is 14.2. The maximum absolute atomic E-state index is 4.16. The summed E-state index contributed by atoms with van der Waals surface area (Å²) in [6, 6.07) is 23.4. The van der Waals surface area contributed by atoms with Crippen molar-refractivity contribution in [2.45, 2.75) is 44.2 Å². The van der Waals surface area contributed by atoms with Crippen molar-refractivity contribution in [3.05, 3.63) is 73.3 Å². The summed E-state index contributed by atoms with van der Waals surface area (Å²) in [4.78, 5) is 0. The molecule has 0 amide bonds. The van der Waals surface area contributed by atoms with Crippen molar-refractivity contribution in [3.8, 4) is 0 Å². The minimum Gasteiger partial charge on any atom is -0.261 e. The number of rotatable bonds is 5. The van der Waals surface area contributed by atoms with E-state index in [4.69, 9.17) is 0 Å². The van der Waals surface area contributed by atoms with Crippen LogP contribution in [0.2, 0.25) is 0 Å². The van der Waals surface area contributed by atoms with Gasteiger partial charge in [0.15, 0.2) is 0 Å². The normalized spacial score (nSPS) is 27.1. The highest BCUT2D eigenvalue weighted by Crippen LogP contribution is 2.56. The molecule has 2 aromatic rings. The average Bonchev–Trinajstić information content (AvgIpc) is 3.38. The Morgan fingerprint density at radius 3 is 1.88 bits per heavy atom. The first kappa shape index (κ1) is 16.1. The summed E-state index contributed by atoms with van der Waals surface area (Å²) in [5.41, 5.74) is 0. The second kappa shape index (κ2) is 7.21. The summed E-state index contributed by atoms with van der Waals surface area (Å²) in [5, 5.41) is 2.92. The molecule has 1 aliphatic carbocycles. The van der Waals surface area contributed by atoms with E-state index in [9.17, 15) is 0 Å². The number of hydrogen-bond acceptors (Lipinski definition) is 1. The molecule has 2 heteroatoms. The minimum atomic E-state index is -0.446. The molecule has 0 N–H and O–H groups in total. The van der Waals surface area contributed by atoms with Crippen LogP contribution in [0, 0.1) is 5.92 Å². The first-order valence-corrected chi connectivity index (χ1v) is 10.5. The third-order valence-electron chi connectivity index (χ3n) is 5.48. The molecule has 24 heavy (non-hydrogen) atoms. The van der Waals surface area contributed by atoms with Crippen molar-refractivity contribution in [3.63, 3.8) is 0 Å². The largest absolute Gasteiger partial charge is 0.261 e. The van der Waals surface area contributed by atoms with Crippen LogP contribution in [0.15, 0.2) is 73.3 Å². The molecule has 1 aliphatic heterocycles. The molecule has 0 aromatic heterocycles. The fraction of sp³-hybridized carbons (Fsp3) is 0.364. The second-order valence-electron chi connectivity index (χ2n) is 6.98. The van der Waals surface area contributed by atoms with E-state index in [0.717, 1.165) is 5.92 Å². The molecular weight excluding hydrogens is 309 g/mol. The first-order valence-electron chi connectivity index (χ1n) is 9.21. The third kappa shape index (κ3) is 3.08. The standard InChI is InChI=1S/C22H26NP/c1-2-21-22(18-12-6-3-7-13-18)23(21)24(19-14-8-4-9-15-19)20-16-10-5-11-17-20/h2,4-5,8-11,14-18,21-22H,1,3,6-7,12-13H2/t21-,22-,23?/m1/s1. The highest BCUT2D eigenvalue weighted by atomic mass is 31.1. The lowest BCUT2D eigenvalue weighted by Crippen LogP contribution is -2.21. The van der Waals surface area contributed by atoms with Crippen LogP contribution in [0.3, 0.4) is 0 Å². The maximum atomic E-state index is 4.16. The molecule has 2 aliphatic rings. The van der Waals surface area contributed by atoms with Crippen LogP contribution in [0.4, 0.5) is 0 Å². The van der Waals surface area contributed by atoms with Gasteiger partial charge in [0, 0.05) is 20.2 Å². The van der Waals surface area contributed by atoms with Gasteiger partial charge in [0.2, 0.25) is 0 Å². The van der Waals surface area contributed by atoms with Crippen molar-refractivity contribution < 1.29 is 0 Å². The Balaban J connectivity index is 1.67. The maximum Gasteiger partial charge on any atom is 0.0484 e. The lowest BCUT2D eigenvalue weighted by Gasteiger charge is -2.25. The summed E-state index contributed by atoms with van der Waals surface area (Å²) in [6.45, 7) is 4.16. The van der Waals surface area contributed by atoms with Gasteiger partial charge in [-0.05, 0) is 29.4 Å². The molecule has 0 radical (unpaired) electrons. The fourth-order valence-corrected chi connectivity index (χ4v) is 7.06. The van der Waals surface area contributed by atoms with Gasteiger partial charge < -0.3 is 0 Å². The highest BCUT2D eigenvalue weighted by Gasteiger charge is 2.53. The third-order valence-corrected chi connectivity index (χ3v) is 8.05. The molecule has 4 rings (SSSR count). The van der Waals surface area contributed by atoms with Gasteiger partial charge in [-0.25, -0.2) is 0 Å². The Bertz CT molecular complexity index is 623. The van der Waals surface area contributed by atoms with Gasteiger partial charge in [-0.2, -0.15) is 0 Å². The van der Waals surface area contributed by atoms with Crippen LogP contribution < -0.4 is 10.6 Å². The SMILES string of the molecule is C=C[C@@H]1[C@@H](C2CCCCC2)N1P(c1ccccc1)c1ccccc1. The predicted molar refractivity (Wildman–Crippen MR) is 105 cm³/mol. The van der Waals surface area contributed by atoms with E-state index in [0.29, 0.717) is 12.1 Å². The fourth-order valence-electron chi connectivity index (χ4n) is 4.29. The van der Waals surface area contributed by atoms with Crippen molar-refractivity contribution in [2.24, 2.45) is 5.92 Å². The molecule has 124 valence electrons. The molecule has 1 saturated heterocycles. The number of benzene rings is 2. The van der Waals surface area contributed by atoms with E-state index in [1.165, 1.54) is 42.7 Å². The Labute approximate surface area is 147 Å². The van der Waals surface area contributed by atoms with Crippen LogP contribution in [0.1, 0.15) is 32.1 Å². The number of nitrogens with zero attached hydrogens (tertiary/aromatic N) is 1. The van der Waals surface area contributed by atoms with E-state index in [2.05, 4.69) is 78.0 Å². The minimum absolute atomic E-state index is 0.446. The smallest absolute Gasteiger partial charge is 0.0484 e. The monoisotopic (exact) mass is 335 g/mol. The molecule has 2 aromatic carbocycles. The van der Waals surface area contributed by atoms with Crippen LogP contribution in [-0.4, -0.2) is 16.8 Å². The van der Waals surface area contributed by atoms with Crippen LogP contribution in [0.5, 0.6) is 0 Å². The Hall–Kier alpha value is -1.43. The average molecular weight is 335 g/mol. The summed E-state index contributed by atoms with van der Waals surface area (Å²) in [6.07, 6.45) is 9.24. The molecule has 1 unspecified atom stereocenters. The quantitative estimate of drug-likeness (QED) is 0.429. The van der Waals surface area contributed by atoms with E-state index in [1.54, 1.807) is 0 Å². The summed E-state index contributed by atoms with van der Waals surface area (Å²) in [7, 11) is -0.446. The second-order valence-corrected chi connectivity index (χ2v) is 9.10. The van der Waals surface area contributed by atoms with Gasteiger partial charge in [0.1, 0.15) is 0 Å². The van der Waals surface area contributed by atoms with E-state index in [-0.39, 0.29) is 0 Å². The Kier molecular flexibility index (Phi) is 4.83. The summed E-state index contributed by atoms with van der Waals surface area (Å²) < 4.78 is 2.77. The topological polar surface area (TPSA) is 3.01 Å². The van der Waals surface area contributed by atoms with Gasteiger partial charge in [0.25, 0.3) is 0 Å². The van der Waals surface area contributed by atoms with Gasteiger partial charge in [-0.3, -0.25) is 4.67 Å². The van der Waals surface area contributed by atoms with Gasteiger partial charge in [-0.1, -0.05) is 86.0 Å². The summed E-state index contributed by atoms with van der Waals surface area (Å²) in [5.74, 6) is 0.860. The van der Waals surface area contributed by atoms with Crippen molar-refractivity contribution in [1.29, 1.82) is 0 Å². The highest BCUT2D eigenvalue weighted by molar-refractivity contribution is 7.71. The molecule has 0 bridgehead atoms. The van der Waals surface area contributed by atoms with Gasteiger partial charge >= 0.3 is 0 Å².